The first-order valence-electron chi connectivity index (χ1n) is 9.65. The normalized spacial score (nSPS) is 16.7. The second kappa shape index (κ2) is 9.62. The molecule has 1 fully saturated rings. The Bertz CT molecular complexity index is 1040. The fraction of sp³-hybridized carbons (Fsp3) is 0.429. The quantitative estimate of drug-likeness (QED) is 0.276. The number of aromatic nitrogens is 2. The standard InChI is InChI=1S/C21H23ClN2O3S2/c1-26-9-4-8-24-20(25)18-16(15-5-2-3-6-17(15)22)13-28-19(18)23-21(24)29-12-14-7-10-27-11-14/h2-3,5-6,13-14H,4,7-12H2,1H3. The number of ether oxygens (including phenoxy) is 2. The number of thiophene rings is 1. The second-order valence-corrected chi connectivity index (χ2v) is 9.30. The fourth-order valence-electron chi connectivity index (χ4n) is 3.47. The van der Waals surface area contributed by atoms with E-state index in [0.717, 1.165) is 52.9 Å². The van der Waals surface area contributed by atoms with Crippen molar-refractivity contribution < 1.29 is 9.47 Å². The van der Waals surface area contributed by atoms with Gasteiger partial charge in [0.25, 0.3) is 5.56 Å². The van der Waals surface area contributed by atoms with E-state index in [0.29, 0.717) is 29.5 Å². The summed E-state index contributed by atoms with van der Waals surface area (Å²) in [6, 6.07) is 7.62. The largest absolute Gasteiger partial charge is 0.385 e. The Hall–Kier alpha value is -1.38. The number of thioether (sulfide) groups is 1. The number of benzene rings is 1. The lowest BCUT2D eigenvalue weighted by Gasteiger charge is -2.14. The Morgan fingerprint density at radius 2 is 2.24 bits per heavy atom. The topological polar surface area (TPSA) is 53.4 Å². The Morgan fingerprint density at radius 1 is 1.38 bits per heavy atom. The summed E-state index contributed by atoms with van der Waals surface area (Å²) in [7, 11) is 1.67. The van der Waals surface area contributed by atoms with Crippen LogP contribution in [0.1, 0.15) is 12.8 Å². The minimum absolute atomic E-state index is 0.00700. The van der Waals surface area contributed by atoms with Crippen molar-refractivity contribution in [2.75, 3.05) is 32.7 Å². The molecule has 154 valence electrons. The summed E-state index contributed by atoms with van der Waals surface area (Å²) in [6.45, 7) is 2.80. The van der Waals surface area contributed by atoms with Gasteiger partial charge in [0.15, 0.2) is 5.16 Å². The monoisotopic (exact) mass is 450 g/mol. The molecule has 4 rings (SSSR count). The molecule has 2 aromatic heterocycles. The van der Waals surface area contributed by atoms with Crippen molar-refractivity contribution in [1.82, 2.24) is 9.55 Å². The van der Waals surface area contributed by atoms with Crippen molar-refractivity contribution in [2.24, 2.45) is 5.92 Å². The summed E-state index contributed by atoms with van der Waals surface area (Å²) < 4.78 is 12.5. The molecule has 0 bridgehead atoms. The zero-order chi connectivity index (χ0) is 20.2. The van der Waals surface area contributed by atoms with Gasteiger partial charge in [0.05, 0.1) is 12.0 Å². The summed E-state index contributed by atoms with van der Waals surface area (Å²) >= 11 is 9.55. The number of methoxy groups -OCH3 is 1. The van der Waals surface area contributed by atoms with Crippen LogP contribution in [0.3, 0.4) is 0 Å². The Kier molecular flexibility index (Phi) is 6.92. The minimum Gasteiger partial charge on any atom is -0.385 e. The molecule has 1 aliphatic heterocycles. The Balaban J connectivity index is 1.75. The van der Waals surface area contributed by atoms with Crippen molar-refractivity contribution in [3.63, 3.8) is 0 Å². The van der Waals surface area contributed by atoms with E-state index in [2.05, 4.69) is 0 Å². The molecule has 1 aliphatic rings. The molecule has 0 radical (unpaired) electrons. The highest BCUT2D eigenvalue weighted by molar-refractivity contribution is 7.99. The predicted molar refractivity (Wildman–Crippen MR) is 120 cm³/mol. The number of fused-ring (bicyclic) bond motifs is 1. The first kappa shape index (κ1) is 20.9. The van der Waals surface area contributed by atoms with E-state index in [-0.39, 0.29) is 5.56 Å². The zero-order valence-electron chi connectivity index (χ0n) is 16.2. The third-order valence-corrected chi connectivity index (χ3v) is 7.43. The number of halogens is 1. The maximum Gasteiger partial charge on any atom is 0.263 e. The molecule has 1 saturated heterocycles. The summed E-state index contributed by atoms with van der Waals surface area (Å²) in [5.41, 5.74) is 1.72. The lowest BCUT2D eigenvalue weighted by molar-refractivity contribution is 0.188. The molecule has 0 N–H and O–H groups in total. The van der Waals surface area contributed by atoms with Gasteiger partial charge in [0.2, 0.25) is 0 Å². The van der Waals surface area contributed by atoms with Crippen LogP contribution in [0.15, 0.2) is 39.6 Å². The summed E-state index contributed by atoms with van der Waals surface area (Å²) in [6.07, 6.45) is 1.83. The van der Waals surface area contributed by atoms with E-state index in [1.807, 2.05) is 29.6 Å². The molecule has 3 aromatic rings. The lowest BCUT2D eigenvalue weighted by atomic mass is 10.1. The van der Waals surface area contributed by atoms with Crippen LogP contribution in [0.2, 0.25) is 5.02 Å². The molecule has 1 aromatic carbocycles. The predicted octanol–water partition coefficient (Wildman–Crippen LogP) is 4.94. The van der Waals surface area contributed by atoms with Crippen LogP contribution < -0.4 is 5.56 Å². The molecular weight excluding hydrogens is 428 g/mol. The van der Waals surface area contributed by atoms with Crippen molar-refractivity contribution in [3.05, 3.63) is 45.0 Å². The third kappa shape index (κ3) is 4.54. The first-order chi connectivity index (χ1) is 14.2. The van der Waals surface area contributed by atoms with Gasteiger partial charge >= 0.3 is 0 Å². The Morgan fingerprint density at radius 3 is 3.00 bits per heavy atom. The molecule has 8 heteroatoms. The van der Waals surface area contributed by atoms with Crippen LogP contribution in [0, 0.1) is 5.92 Å². The van der Waals surface area contributed by atoms with Crippen molar-refractivity contribution in [1.29, 1.82) is 0 Å². The van der Waals surface area contributed by atoms with E-state index in [1.165, 1.54) is 11.3 Å². The van der Waals surface area contributed by atoms with E-state index in [4.69, 9.17) is 26.1 Å². The number of nitrogens with zero attached hydrogens (tertiary/aromatic N) is 2. The molecule has 0 amide bonds. The molecular formula is C21H23ClN2O3S2. The average molecular weight is 451 g/mol. The molecule has 5 nitrogen and oxygen atoms in total. The number of hydrogen-bond acceptors (Lipinski definition) is 6. The maximum atomic E-state index is 13.5. The van der Waals surface area contributed by atoms with Gasteiger partial charge in [0, 0.05) is 54.2 Å². The van der Waals surface area contributed by atoms with Gasteiger partial charge in [-0.3, -0.25) is 9.36 Å². The van der Waals surface area contributed by atoms with Gasteiger partial charge in [-0.1, -0.05) is 41.6 Å². The summed E-state index contributed by atoms with van der Waals surface area (Å²) in [4.78, 5) is 19.1. The highest BCUT2D eigenvalue weighted by Crippen LogP contribution is 2.36. The molecule has 0 aliphatic carbocycles. The van der Waals surface area contributed by atoms with Crippen LogP contribution in [0.4, 0.5) is 0 Å². The minimum atomic E-state index is -0.00700. The highest BCUT2D eigenvalue weighted by atomic mass is 35.5. The third-order valence-electron chi connectivity index (χ3n) is 5.03. The van der Waals surface area contributed by atoms with E-state index < -0.39 is 0 Å². The molecule has 0 spiro atoms. The molecule has 1 unspecified atom stereocenters. The van der Waals surface area contributed by atoms with Crippen molar-refractivity contribution in [2.45, 2.75) is 24.5 Å². The number of rotatable bonds is 8. The van der Waals surface area contributed by atoms with Gasteiger partial charge in [-0.25, -0.2) is 4.98 Å². The van der Waals surface area contributed by atoms with E-state index >= 15 is 0 Å². The van der Waals surface area contributed by atoms with Gasteiger partial charge in [0.1, 0.15) is 4.83 Å². The molecule has 3 heterocycles. The molecule has 29 heavy (non-hydrogen) atoms. The van der Waals surface area contributed by atoms with Crippen LogP contribution >= 0.6 is 34.7 Å². The van der Waals surface area contributed by atoms with Gasteiger partial charge in [-0.05, 0) is 24.8 Å². The van der Waals surface area contributed by atoms with Crippen LogP contribution in [0.5, 0.6) is 0 Å². The van der Waals surface area contributed by atoms with Crippen molar-refractivity contribution >= 4 is 44.9 Å². The zero-order valence-corrected chi connectivity index (χ0v) is 18.6. The highest BCUT2D eigenvalue weighted by Gasteiger charge is 2.21. The molecule has 1 atom stereocenters. The smallest absolute Gasteiger partial charge is 0.263 e. The van der Waals surface area contributed by atoms with E-state index in [9.17, 15) is 4.79 Å². The fourth-order valence-corrected chi connectivity index (χ4v) is 5.82. The van der Waals surface area contributed by atoms with Crippen LogP contribution in [0.25, 0.3) is 21.3 Å². The average Bonchev–Trinajstić information content (AvgIpc) is 3.38. The van der Waals surface area contributed by atoms with Crippen molar-refractivity contribution in [3.8, 4) is 11.1 Å². The summed E-state index contributed by atoms with van der Waals surface area (Å²) in [5, 5.41) is 4.04. The van der Waals surface area contributed by atoms with Gasteiger partial charge in [-0.15, -0.1) is 11.3 Å². The van der Waals surface area contributed by atoms with Gasteiger partial charge < -0.3 is 9.47 Å². The molecule has 0 saturated carbocycles. The maximum absolute atomic E-state index is 13.5. The van der Waals surface area contributed by atoms with Crippen LogP contribution in [-0.4, -0.2) is 42.2 Å². The first-order valence-corrected chi connectivity index (χ1v) is 11.9. The van der Waals surface area contributed by atoms with E-state index in [1.54, 1.807) is 23.4 Å². The SMILES string of the molecule is COCCCn1c(SCC2CCOC2)nc2scc(-c3ccccc3Cl)c2c1=O. The number of hydrogen-bond donors (Lipinski definition) is 0. The van der Waals surface area contributed by atoms with Crippen LogP contribution in [-0.2, 0) is 16.0 Å². The second-order valence-electron chi connectivity index (χ2n) is 7.05. The van der Waals surface area contributed by atoms with Gasteiger partial charge in [-0.2, -0.15) is 0 Å². The Labute approximate surface area is 183 Å². The lowest BCUT2D eigenvalue weighted by Crippen LogP contribution is -2.24. The summed E-state index contributed by atoms with van der Waals surface area (Å²) in [5.74, 6) is 1.42.